The van der Waals surface area contributed by atoms with Crippen LogP contribution in [0.1, 0.15) is 43.7 Å². The molecule has 0 aromatic heterocycles. The average Bonchev–Trinajstić information content (AvgIpc) is 2.47. The SMILES string of the molecule is CC1CCC(N(C)S(=O)(=O)Cc2ccccc2C#N)CC1. The van der Waals surface area contributed by atoms with E-state index in [1.165, 1.54) is 4.31 Å². The molecule has 5 heteroatoms. The van der Waals surface area contributed by atoms with Crippen LogP contribution in [0, 0.1) is 17.2 Å². The Hall–Kier alpha value is -1.38. The zero-order chi connectivity index (χ0) is 15.5. The second kappa shape index (κ2) is 6.59. The molecule has 1 saturated carbocycles. The molecule has 21 heavy (non-hydrogen) atoms. The predicted octanol–water partition coefficient (Wildman–Crippen LogP) is 2.90. The highest BCUT2D eigenvalue weighted by Gasteiger charge is 2.29. The minimum absolute atomic E-state index is 0.0976. The Kier molecular flexibility index (Phi) is 5.02. The van der Waals surface area contributed by atoms with Gasteiger partial charge in [-0.25, -0.2) is 12.7 Å². The normalized spacial score (nSPS) is 23.0. The number of rotatable bonds is 4. The number of hydrogen-bond donors (Lipinski definition) is 0. The minimum atomic E-state index is -3.38. The van der Waals surface area contributed by atoms with Gasteiger partial charge in [0.25, 0.3) is 0 Å². The first-order valence-corrected chi connectivity index (χ1v) is 8.98. The molecule has 0 unspecified atom stereocenters. The van der Waals surface area contributed by atoms with Crippen LogP contribution in [0.3, 0.4) is 0 Å². The summed E-state index contributed by atoms with van der Waals surface area (Å²) in [5.41, 5.74) is 1.02. The summed E-state index contributed by atoms with van der Waals surface area (Å²) in [6.07, 6.45) is 4.02. The van der Waals surface area contributed by atoms with Crippen LogP contribution in [-0.2, 0) is 15.8 Å². The lowest BCUT2D eigenvalue weighted by Crippen LogP contribution is -2.39. The third kappa shape index (κ3) is 3.84. The molecule has 1 aliphatic carbocycles. The molecule has 4 nitrogen and oxygen atoms in total. The topological polar surface area (TPSA) is 61.2 Å². The number of hydrogen-bond acceptors (Lipinski definition) is 3. The van der Waals surface area contributed by atoms with Crippen molar-refractivity contribution in [3.63, 3.8) is 0 Å². The standard InChI is InChI=1S/C16H22N2O2S/c1-13-7-9-16(10-8-13)18(2)21(19,20)12-15-6-4-3-5-14(15)11-17/h3-6,13,16H,7-10,12H2,1-2H3. The fourth-order valence-corrected chi connectivity index (χ4v) is 4.40. The zero-order valence-electron chi connectivity index (χ0n) is 12.6. The van der Waals surface area contributed by atoms with E-state index < -0.39 is 10.0 Å². The van der Waals surface area contributed by atoms with Gasteiger partial charge in [0.2, 0.25) is 10.0 Å². The molecular weight excluding hydrogens is 284 g/mol. The Morgan fingerprint density at radius 1 is 1.24 bits per heavy atom. The Labute approximate surface area is 127 Å². The number of benzene rings is 1. The molecular formula is C16H22N2O2S. The van der Waals surface area contributed by atoms with E-state index in [1.54, 1.807) is 31.3 Å². The molecule has 1 aromatic rings. The lowest BCUT2D eigenvalue weighted by atomic mass is 9.87. The van der Waals surface area contributed by atoms with Crippen molar-refractivity contribution in [1.82, 2.24) is 4.31 Å². The largest absolute Gasteiger partial charge is 0.218 e. The molecule has 0 heterocycles. The monoisotopic (exact) mass is 306 g/mol. The third-order valence-electron chi connectivity index (χ3n) is 4.41. The van der Waals surface area contributed by atoms with Gasteiger partial charge < -0.3 is 0 Å². The van der Waals surface area contributed by atoms with E-state index in [9.17, 15) is 8.42 Å². The van der Waals surface area contributed by atoms with E-state index in [0.29, 0.717) is 17.0 Å². The van der Waals surface area contributed by atoms with Gasteiger partial charge in [-0.2, -0.15) is 5.26 Å². The summed E-state index contributed by atoms with van der Waals surface area (Å²) < 4.78 is 26.7. The molecule has 0 bridgehead atoms. The van der Waals surface area contributed by atoms with Gasteiger partial charge in [0.1, 0.15) is 0 Å². The summed E-state index contributed by atoms with van der Waals surface area (Å²) in [6.45, 7) is 2.22. The fourth-order valence-electron chi connectivity index (χ4n) is 2.89. The van der Waals surface area contributed by atoms with E-state index in [4.69, 9.17) is 5.26 Å². The van der Waals surface area contributed by atoms with E-state index in [1.807, 2.05) is 0 Å². The van der Waals surface area contributed by atoms with Gasteiger partial charge in [0.05, 0.1) is 17.4 Å². The first-order chi connectivity index (χ1) is 9.94. The highest BCUT2D eigenvalue weighted by Crippen LogP contribution is 2.28. The molecule has 1 fully saturated rings. The Balaban J connectivity index is 2.13. The van der Waals surface area contributed by atoms with Crippen LogP contribution in [0.15, 0.2) is 24.3 Å². The van der Waals surface area contributed by atoms with Crippen molar-refractivity contribution in [2.24, 2.45) is 5.92 Å². The maximum atomic E-state index is 12.6. The van der Waals surface area contributed by atoms with Crippen LogP contribution in [-0.4, -0.2) is 25.8 Å². The maximum absolute atomic E-state index is 12.6. The van der Waals surface area contributed by atoms with Crippen LogP contribution in [0.25, 0.3) is 0 Å². The van der Waals surface area contributed by atoms with Crippen molar-refractivity contribution in [2.75, 3.05) is 7.05 Å². The molecule has 0 amide bonds. The average molecular weight is 306 g/mol. The first-order valence-electron chi connectivity index (χ1n) is 7.37. The highest BCUT2D eigenvalue weighted by atomic mass is 32.2. The zero-order valence-corrected chi connectivity index (χ0v) is 13.4. The van der Waals surface area contributed by atoms with Crippen molar-refractivity contribution < 1.29 is 8.42 Å². The van der Waals surface area contributed by atoms with Crippen molar-refractivity contribution in [3.8, 4) is 6.07 Å². The third-order valence-corrected chi connectivity index (χ3v) is 6.27. The molecule has 0 aliphatic heterocycles. The molecule has 2 rings (SSSR count). The lowest BCUT2D eigenvalue weighted by molar-refractivity contribution is 0.246. The van der Waals surface area contributed by atoms with Crippen LogP contribution >= 0.6 is 0 Å². The Morgan fingerprint density at radius 2 is 1.86 bits per heavy atom. The second-order valence-electron chi connectivity index (χ2n) is 5.96. The molecule has 1 aromatic carbocycles. The van der Waals surface area contributed by atoms with E-state index in [2.05, 4.69) is 13.0 Å². The number of nitrogens with zero attached hydrogens (tertiary/aromatic N) is 2. The summed E-state index contributed by atoms with van der Waals surface area (Å²) >= 11 is 0. The first kappa shape index (κ1) is 16.0. The molecule has 114 valence electrons. The second-order valence-corrected chi connectivity index (χ2v) is 7.98. The van der Waals surface area contributed by atoms with Gasteiger partial charge in [0.15, 0.2) is 0 Å². The van der Waals surface area contributed by atoms with E-state index in [0.717, 1.165) is 25.7 Å². The predicted molar refractivity (Wildman–Crippen MR) is 83.0 cm³/mol. The summed E-state index contributed by atoms with van der Waals surface area (Å²) in [4.78, 5) is 0. The molecule has 1 aliphatic rings. The highest BCUT2D eigenvalue weighted by molar-refractivity contribution is 7.88. The molecule has 0 spiro atoms. The molecule has 0 radical (unpaired) electrons. The number of sulfonamides is 1. The van der Waals surface area contributed by atoms with Gasteiger partial charge in [-0.05, 0) is 43.2 Å². The number of nitriles is 1. The smallest absolute Gasteiger partial charge is 0.212 e. The van der Waals surface area contributed by atoms with Crippen molar-refractivity contribution in [3.05, 3.63) is 35.4 Å². The van der Waals surface area contributed by atoms with E-state index >= 15 is 0 Å². The summed E-state index contributed by atoms with van der Waals surface area (Å²) in [6, 6.07) is 9.05. The van der Waals surface area contributed by atoms with Crippen LogP contribution in [0.2, 0.25) is 0 Å². The van der Waals surface area contributed by atoms with Crippen molar-refractivity contribution >= 4 is 10.0 Å². The van der Waals surface area contributed by atoms with Crippen LogP contribution < -0.4 is 0 Å². The van der Waals surface area contributed by atoms with Crippen LogP contribution in [0.4, 0.5) is 0 Å². The molecule has 0 atom stereocenters. The summed E-state index contributed by atoms with van der Waals surface area (Å²) in [5, 5.41) is 9.07. The quantitative estimate of drug-likeness (QED) is 0.859. The Morgan fingerprint density at radius 3 is 2.48 bits per heavy atom. The van der Waals surface area contributed by atoms with Crippen molar-refractivity contribution in [2.45, 2.75) is 44.4 Å². The van der Waals surface area contributed by atoms with Gasteiger partial charge >= 0.3 is 0 Å². The summed E-state index contributed by atoms with van der Waals surface area (Å²) in [5.74, 6) is 0.593. The lowest BCUT2D eigenvalue weighted by Gasteiger charge is -2.32. The van der Waals surface area contributed by atoms with Gasteiger partial charge in [-0.1, -0.05) is 25.1 Å². The maximum Gasteiger partial charge on any atom is 0.218 e. The van der Waals surface area contributed by atoms with Crippen LogP contribution in [0.5, 0.6) is 0 Å². The molecule has 0 N–H and O–H groups in total. The Bertz CT molecular complexity index is 626. The van der Waals surface area contributed by atoms with Crippen molar-refractivity contribution in [1.29, 1.82) is 5.26 Å². The molecule has 0 saturated heterocycles. The van der Waals surface area contributed by atoms with Gasteiger partial charge in [0, 0.05) is 13.1 Å². The van der Waals surface area contributed by atoms with Gasteiger partial charge in [-0.3, -0.25) is 0 Å². The van der Waals surface area contributed by atoms with E-state index in [-0.39, 0.29) is 11.8 Å². The fraction of sp³-hybridized carbons (Fsp3) is 0.562. The minimum Gasteiger partial charge on any atom is -0.212 e. The van der Waals surface area contributed by atoms with Gasteiger partial charge in [-0.15, -0.1) is 0 Å². The summed E-state index contributed by atoms with van der Waals surface area (Å²) in [7, 11) is -1.71.